The van der Waals surface area contributed by atoms with Crippen LogP contribution >= 0.6 is 0 Å². The zero-order valence-corrected chi connectivity index (χ0v) is 6.56. The number of nitrogens with one attached hydrogen (secondary N) is 1. The normalized spacial score (nSPS) is 10.2. The number of furan rings is 1. The van der Waals surface area contributed by atoms with Crippen molar-refractivity contribution in [2.75, 3.05) is 0 Å². The molecule has 0 saturated heterocycles. The molecule has 2 aromatic heterocycles. The minimum Gasteiger partial charge on any atom is -0.448 e. The summed E-state index contributed by atoms with van der Waals surface area (Å²) in [5, 5.41) is 0. The monoisotopic (exact) mass is 178 g/mol. The van der Waals surface area contributed by atoms with Crippen LogP contribution in [-0.2, 0) is 0 Å². The number of nitrogens with zero attached hydrogens (tertiary/aromatic N) is 1. The van der Waals surface area contributed by atoms with E-state index in [-0.39, 0.29) is 0 Å². The van der Waals surface area contributed by atoms with Gasteiger partial charge in [-0.25, -0.2) is 9.36 Å². The average molecular weight is 178 g/mol. The first kappa shape index (κ1) is 7.60. The van der Waals surface area contributed by atoms with Gasteiger partial charge in [-0.3, -0.25) is 9.78 Å². The summed E-state index contributed by atoms with van der Waals surface area (Å²) in [5.41, 5.74) is -0.935. The molecule has 0 unspecified atom stereocenters. The van der Waals surface area contributed by atoms with Crippen molar-refractivity contribution >= 4 is 0 Å². The van der Waals surface area contributed by atoms with Gasteiger partial charge in [0.1, 0.15) is 0 Å². The number of rotatable bonds is 1. The first-order valence-corrected chi connectivity index (χ1v) is 3.63. The number of aromatic amines is 1. The van der Waals surface area contributed by atoms with Gasteiger partial charge in [-0.05, 0) is 6.07 Å². The van der Waals surface area contributed by atoms with E-state index in [1.165, 1.54) is 23.1 Å². The van der Waals surface area contributed by atoms with Crippen molar-refractivity contribution in [1.29, 1.82) is 0 Å². The molecule has 5 nitrogen and oxygen atoms in total. The summed E-state index contributed by atoms with van der Waals surface area (Å²) in [6.07, 6.45) is 2.81. The first-order chi connectivity index (χ1) is 6.27. The molecule has 0 atom stereocenters. The van der Waals surface area contributed by atoms with Crippen molar-refractivity contribution in [1.82, 2.24) is 9.55 Å². The molecule has 0 aliphatic heterocycles. The highest BCUT2D eigenvalue weighted by atomic mass is 16.3. The molecule has 13 heavy (non-hydrogen) atoms. The fourth-order valence-corrected chi connectivity index (χ4v) is 0.998. The topological polar surface area (TPSA) is 68.0 Å². The van der Waals surface area contributed by atoms with E-state index in [0.717, 1.165) is 0 Å². The van der Waals surface area contributed by atoms with Crippen LogP contribution in [0.25, 0.3) is 5.88 Å². The number of hydrogen-bond donors (Lipinski definition) is 1. The molecule has 0 radical (unpaired) electrons. The third kappa shape index (κ3) is 1.31. The van der Waals surface area contributed by atoms with E-state index in [1.54, 1.807) is 12.1 Å². The fraction of sp³-hybridized carbons (Fsp3) is 0. The zero-order chi connectivity index (χ0) is 9.26. The number of H-pyrrole nitrogens is 1. The van der Waals surface area contributed by atoms with Crippen molar-refractivity contribution in [3.63, 3.8) is 0 Å². The van der Waals surface area contributed by atoms with E-state index >= 15 is 0 Å². The van der Waals surface area contributed by atoms with Crippen molar-refractivity contribution in [3.05, 3.63) is 51.5 Å². The molecule has 66 valence electrons. The molecule has 0 aromatic carbocycles. The Balaban J connectivity index is 2.67. The van der Waals surface area contributed by atoms with E-state index in [1.807, 2.05) is 0 Å². The molecule has 0 bridgehead atoms. The molecule has 2 rings (SSSR count). The predicted octanol–water partition coefficient (Wildman–Crippen LogP) is 0.119. The minimum atomic E-state index is -0.512. The Bertz CT molecular complexity index is 507. The van der Waals surface area contributed by atoms with Gasteiger partial charge in [0.15, 0.2) is 0 Å². The Kier molecular flexibility index (Phi) is 1.63. The van der Waals surface area contributed by atoms with Crippen LogP contribution < -0.4 is 11.2 Å². The highest BCUT2D eigenvalue weighted by molar-refractivity contribution is 5.16. The second-order valence-electron chi connectivity index (χ2n) is 2.43. The van der Waals surface area contributed by atoms with Gasteiger partial charge in [0.25, 0.3) is 5.56 Å². The maximum Gasteiger partial charge on any atom is 0.335 e. The van der Waals surface area contributed by atoms with Crippen LogP contribution in [0.5, 0.6) is 0 Å². The summed E-state index contributed by atoms with van der Waals surface area (Å²) in [7, 11) is 0. The maximum atomic E-state index is 11.2. The summed E-state index contributed by atoms with van der Waals surface area (Å²) in [5.74, 6) is 0.376. The van der Waals surface area contributed by atoms with Crippen LogP contribution in [0.2, 0.25) is 0 Å². The second-order valence-corrected chi connectivity index (χ2v) is 2.43. The zero-order valence-electron chi connectivity index (χ0n) is 6.56. The summed E-state index contributed by atoms with van der Waals surface area (Å²) >= 11 is 0. The number of aromatic nitrogens is 2. The van der Waals surface area contributed by atoms with Crippen LogP contribution in [0.15, 0.2) is 44.7 Å². The maximum absolute atomic E-state index is 11.2. The Hall–Kier alpha value is -2.04. The highest BCUT2D eigenvalue weighted by Crippen LogP contribution is 2.02. The van der Waals surface area contributed by atoms with Crippen LogP contribution in [0, 0.1) is 0 Å². The largest absolute Gasteiger partial charge is 0.448 e. The van der Waals surface area contributed by atoms with Gasteiger partial charge in [-0.15, -0.1) is 0 Å². The molecule has 0 aliphatic carbocycles. The second kappa shape index (κ2) is 2.78. The van der Waals surface area contributed by atoms with Gasteiger partial charge in [0.2, 0.25) is 5.88 Å². The lowest BCUT2D eigenvalue weighted by atomic mass is 10.5. The summed E-state index contributed by atoms with van der Waals surface area (Å²) in [4.78, 5) is 24.0. The highest BCUT2D eigenvalue weighted by Gasteiger charge is 2.00. The van der Waals surface area contributed by atoms with Crippen molar-refractivity contribution in [3.8, 4) is 5.88 Å². The van der Waals surface area contributed by atoms with Crippen LogP contribution in [-0.4, -0.2) is 9.55 Å². The molecule has 5 heteroatoms. The van der Waals surface area contributed by atoms with E-state index in [9.17, 15) is 9.59 Å². The molecule has 0 amide bonds. The Labute approximate surface area is 72.3 Å². The molecule has 0 aliphatic rings. The number of hydrogen-bond acceptors (Lipinski definition) is 3. The van der Waals surface area contributed by atoms with Crippen LogP contribution in [0.4, 0.5) is 0 Å². The van der Waals surface area contributed by atoms with Gasteiger partial charge in [-0.2, -0.15) is 0 Å². The van der Waals surface area contributed by atoms with Crippen molar-refractivity contribution in [2.45, 2.75) is 0 Å². The Morgan fingerprint density at radius 1 is 1.31 bits per heavy atom. The minimum absolute atomic E-state index is 0.376. The smallest absolute Gasteiger partial charge is 0.335 e. The lowest BCUT2D eigenvalue weighted by molar-refractivity contribution is 0.530. The molecule has 1 N–H and O–H groups in total. The molecule has 2 aromatic rings. The summed E-state index contributed by atoms with van der Waals surface area (Å²) in [6, 6.07) is 4.54. The quantitative estimate of drug-likeness (QED) is 0.674. The average Bonchev–Trinajstić information content (AvgIpc) is 2.56. The molecular formula is C8H6N2O3. The van der Waals surface area contributed by atoms with E-state index in [0.29, 0.717) is 5.88 Å². The van der Waals surface area contributed by atoms with Crippen LogP contribution in [0.1, 0.15) is 0 Å². The van der Waals surface area contributed by atoms with Gasteiger partial charge in [-0.1, -0.05) is 0 Å². The van der Waals surface area contributed by atoms with Gasteiger partial charge >= 0.3 is 5.69 Å². The first-order valence-electron chi connectivity index (χ1n) is 3.63. The molecule has 0 spiro atoms. The van der Waals surface area contributed by atoms with E-state index < -0.39 is 11.2 Å². The van der Waals surface area contributed by atoms with Crippen molar-refractivity contribution < 1.29 is 4.42 Å². The van der Waals surface area contributed by atoms with Gasteiger partial charge < -0.3 is 4.42 Å². The van der Waals surface area contributed by atoms with Gasteiger partial charge in [0.05, 0.1) is 6.26 Å². The van der Waals surface area contributed by atoms with Gasteiger partial charge in [0, 0.05) is 18.3 Å². The van der Waals surface area contributed by atoms with E-state index in [2.05, 4.69) is 4.98 Å². The SMILES string of the molecule is O=c1ccn(-c2ccco2)c(=O)[nH]1. The third-order valence-electron chi connectivity index (χ3n) is 1.57. The van der Waals surface area contributed by atoms with Crippen molar-refractivity contribution in [2.24, 2.45) is 0 Å². The fourth-order valence-electron chi connectivity index (χ4n) is 0.998. The molecular weight excluding hydrogens is 172 g/mol. The van der Waals surface area contributed by atoms with E-state index in [4.69, 9.17) is 4.42 Å². The summed E-state index contributed by atoms with van der Waals surface area (Å²) in [6.45, 7) is 0. The molecule has 2 heterocycles. The predicted molar refractivity (Wildman–Crippen MR) is 44.9 cm³/mol. The Morgan fingerprint density at radius 2 is 2.15 bits per heavy atom. The lowest BCUT2D eigenvalue weighted by Crippen LogP contribution is -2.27. The standard InChI is InChI=1S/C8H6N2O3/c11-6-3-4-10(8(12)9-6)7-2-1-5-13-7/h1-5H,(H,9,11,12). The third-order valence-corrected chi connectivity index (χ3v) is 1.57. The van der Waals surface area contributed by atoms with Crippen LogP contribution in [0.3, 0.4) is 0 Å². The lowest BCUT2D eigenvalue weighted by Gasteiger charge is -1.97. The molecule has 0 saturated carbocycles. The summed E-state index contributed by atoms with van der Waals surface area (Å²) < 4.78 is 6.19. The molecule has 0 fully saturated rings. The Morgan fingerprint density at radius 3 is 2.77 bits per heavy atom.